The molecule has 10 nitrogen and oxygen atoms in total. The number of rotatable bonds is 13. The average Bonchev–Trinajstić information content (AvgIpc) is 2.85. The van der Waals surface area contributed by atoms with Crippen molar-refractivity contribution in [2.75, 3.05) is 43.7 Å². The lowest BCUT2D eigenvalue weighted by Gasteiger charge is -2.22. The first-order valence-electron chi connectivity index (χ1n) is 12.3. The van der Waals surface area contributed by atoms with Crippen LogP contribution in [0.25, 0.3) is 17.3 Å². The number of aliphatic hydroxyl groups is 2. The minimum absolute atomic E-state index is 0.00205. The van der Waals surface area contributed by atoms with Gasteiger partial charge in [0.15, 0.2) is 0 Å². The van der Waals surface area contributed by atoms with Crippen LogP contribution in [-0.4, -0.2) is 86.2 Å². The van der Waals surface area contributed by atoms with E-state index < -0.39 is 41.2 Å². The quantitative estimate of drug-likeness (QED) is 0.266. The molecule has 0 bridgehead atoms. The van der Waals surface area contributed by atoms with Gasteiger partial charge in [-0.2, -0.15) is 0 Å². The molecule has 0 saturated carbocycles. The fourth-order valence-corrected chi connectivity index (χ4v) is 6.85. The van der Waals surface area contributed by atoms with Crippen molar-refractivity contribution in [2.24, 2.45) is 0 Å². The fraction of sp³-hybridized carbons (Fsp3) is 0.500. The zero-order chi connectivity index (χ0) is 29.5. The highest BCUT2D eigenvalue weighted by molar-refractivity contribution is 7.93. The number of esters is 1. The topological polar surface area (TPSA) is 147 Å². The highest BCUT2D eigenvalue weighted by Gasteiger charge is 2.26. The van der Waals surface area contributed by atoms with Crippen molar-refractivity contribution >= 4 is 35.2 Å². The molecule has 1 aromatic carbocycles. The van der Waals surface area contributed by atoms with Crippen LogP contribution in [-0.2, 0) is 24.1 Å². The summed E-state index contributed by atoms with van der Waals surface area (Å²) >= 11 is 0. The molecule has 0 saturated heterocycles. The Hall–Kier alpha value is -2.66. The summed E-state index contributed by atoms with van der Waals surface area (Å²) in [6.45, 7) is 6.75. The Labute approximate surface area is 229 Å². The summed E-state index contributed by atoms with van der Waals surface area (Å²) in [6.07, 6.45) is 0.313. The van der Waals surface area contributed by atoms with Crippen LogP contribution >= 0.6 is 7.14 Å². The second-order valence-electron chi connectivity index (χ2n) is 10.0. The van der Waals surface area contributed by atoms with Gasteiger partial charge in [0.2, 0.25) is 16.0 Å². The van der Waals surface area contributed by atoms with Crippen molar-refractivity contribution in [2.45, 2.75) is 44.8 Å². The lowest BCUT2D eigenvalue weighted by molar-refractivity contribution is -0.143. The Morgan fingerprint density at radius 1 is 1.18 bits per heavy atom. The highest BCUT2D eigenvalue weighted by Crippen LogP contribution is 2.36. The summed E-state index contributed by atoms with van der Waals surface area (Å²) in [7, 11) is -3.97. The lowest BCUT2D eigenvalue weighted by Crippen LogP contribution is -2.32. The van der Waals surface area contributed by atoms with E-state index in [1.54, 1.807) is 6.08 Å². The Kier molecular flexibility index (Phi) is 11.4. The van der Waals surface area contributed by atoms with Gasteiger partial charge < -0.3 is 19.5 Å². The van der Waals surface area contributed by atoms with Crippen LogP contribution in [0.2, 0.25) is 0 Å². The van der Waals surface area contributed by atoms with Gasteiger partial charge in [0.05, 0.1) is 50.0 Å². The summed E-state index contributed by atoms with van der Waals surface area (Å²) in [5.41, 5.74) is 1.73. The number of nitrogens with zero attached hydrogens (tertiary/aromatic N) is 3. The molecule has 2 rings (SSSR count). The third-order valence-corrected chi connectivity index (χ3v) is 9.16. The molecule has 1 heterocycles. The largest absolute Gasteiger partial charge is 0.469 e. The van der Waals surface area contributed by atoms with Gasteiger partial charge in [0, 0.05) is 30.8 Å². The van der Waals surface area contributed by atoms with E-state index in [0.717, 1.165) is 4.31 Å². The summed E-state index contributed by atoms with van der Waals surface area (Å²) in [4.78, 5) is 20.4. The van der Waals surface area contributed by atoms with Crippen molar-refractivity contribution in [1.82, 2.24) is 9.97 Å². The average molecular weight is 586 g/mol. The maximum atomic E-state index is 13.7. The van der Waals surface area contributed by atoms with Crippen LogP contribution in [0.1, 0.15) is 43.9 Å². The second-order valence-corrected chi connectivity index (χ2v) is 15.7. The number of aromatic nitrogens is 2. The third-order valence-electron chi connectivity index (χ3n) is 5.84. The third kappa shape index (κ3) is 9.79. The Balaban J connectivity index is 2.58. The van der Waals surface area contributed by atoms with Gasteiger partial charge in [-0.1, -0.05) is 26.0 Å². The number of methoxy groups -OCH3 is 1. The molecule has 13 heteroatoms. The molecule has 0 aliphatic heterocycles. The van der Waals surface area contributed by atoms with Crippen molar-refractivity contribution < 1.29 is 37.1 Å². The first kappa shape index (κ1) is 32.6. The van der Waals surface area contributed by atoms with E-state index in [1.165, 1.54) is 57.8 Å². The Morgan fingerprint density at radius 3 is 2.33 bits per heavy atom. The molecule has 0 amide bonds. The molecular weight excluding hydrogens is 548 g/mol. The molecule has 2 atom stereocenters. The number of aliphatic hydroxyl groups excluding tert-OH is 2. The number of ether oxygens (including phenoxy) is 1. The van der Waals surface area contributed by atoms with Crippen LogP contribution < -0.4 is 4.31 Å². The van der Waals surface area contributed by atoms with Gasteiger partial charge in [0.1, 0.15) is 5.82 Å². The van der Waals surface area contributed by atoms with E-state index >= 15 is 0 Å². The molecule has 0 aliphatic carbocycles. The van der Waals surface area contributed by atoms with Crippen molar-refractivity contribution in [3.05, 3.63) is 47.4 Å². The molecular formula is C26H37FN3O7PS. The van der Waals surface area contributed by atoms with Gasteiger partial charge in [0.25, 0.3) is 0 Å². The van der Waals surface area contributed by atoms with Crippen LogP contribution in [0.4, 0.5) is 10.3 Å². The van der Waals surface area contributed by atoms with Crippen LogP contribution in [0.3, 0.4) is 0 Å². The number of hydrogen-bond acceptors (Lipinski definition) is 9. The second kappa shape index (κ2) is 13.6. The van der Waals surface area contributed by atoms with E-state index in [2.05, 4.69) is 14.7 Å². The molecule has 0 unspecified atom stereocenters. The number of halogens is 1. The van der Waals surface area contributed by atoms with Crippen LogP contribution in [0.5, 0.6) is 0 Å². The Morgan fingerprint density at radius 2 is 1.79 bits per heavy atom. The standard InChI is InChI=1S/C26H37FN3O7PS/c1-17(2)24-22(12-11-20(31)15-21(32)16-23(33)37-4)25(18-7-9-19(27)10-8-18)29-26(28-24)30(3)39(35,36)14-13-38(5,6)34/h7-12,17,20-21,31-32H,13-16H2,1-6H3/b12-11+/t20-,21-/m1/s1. The van der Waals surface area contributed by atoms with Gasteiger partial charge >= 0.3 is 5.97 Å². The molecule has 0 fully saturated rings. The minimum Gasteiger partial charge on any atom is -0.469 e. The number of hydrogen-bond donors (Lipinski definition) is 2. The monoisotopic (exact) mass is 585 g/mol. The zero-order valence-electron chi connectivity index (χ0n) is 23.0. The molecule has 0 radical (unpaired) electrons. The fourth-order valence-electron chi connectivity index (χ4n) is 3.57. The molecule has 39 heavy (non-hydrogen) atoms. The van der Waals surface area contributed by atoms with E-state index in [9.17, 15) is 32.4 Å². The molecule has 2 aromatic rings. The predicted octanol–water partition coefficient (Wildman–Crippen LogP) is 3.48. The lowest BCUT2D eigenvalue weighted by atomic mass is 9.97. The number of carbonyl (C=O) groups is 1. The van der Waals surface area contributed by atoms with Gasteiger partial charge in [-0.25, -0.2) is 27.1 Å². The smallest absolute Gasteiger partial charge is 0.308 e. The molecule has 216 valence electrons. The predicted molar refractivity (Wildman–Crippen MR) is 150 cm³/mol. The Bertz CT molecular complexity index is 1330. The van der Waals surface area contributed by atoms with Gasteiger partial charge in [-0.05, 0) is 43.5 Å². The highest BCUT2D eigenvalue weighted by atomic mass is 32.2. The zero-order valence-corrected chi connectivity index (χ0v) is 24.7. The molecule has 0 spiro atoms. The van der Waals surface area contributed by atoms with Crippen LogP contribution in [0, 0.1) is 5.82 Å². The van der Waals surface area contributed by atoms with Crippen molar-refractivity contribution in [3.8, 4) is 11.3 Å². The summed E-state index contributed by atoms with van der Waals surface area (Å²) in [5, 5.41) is 20.5. The summed E-state index contributed by atoms with van der Waals surface area (Å²) < 4.78 is 57.4. The number of carbonyl (C=O) groups excluding carboxylic acids is 1. The van der Waals surface area contributed by atoms with Gasteiger partial charge in [-0.15, -0.1) is 0 Å². The number of benzene rings is 1. The SMILES string of the molecule is COC(=O)C[C@H](O)C[C@H](O)/C=C/c1c(-c2ccc(F)cc2)nc(N(C)S(=O)(=O)CCP(C)(C)=O)nc1C(C)C. The number of sulfonamides is 1. The maximum absolute atomic E-state index is 13.7. The first-order chi connectivity index (χ1) is 18.0. The normalized spacial score (nSPS) is 14.0. The van der Waals surface area contributed by atoms with Crippen LogP contribution in [0.15, 0.2) is 30.3 Å². The van der Waals surface area contributed by atoms with E-state index in [-0.39, 0.29) is 36.6 Å². The van der Waals surface area contributed by atoms with Crippen molar-refractivity contribution in [3.63, 3.8) is 0 Å². The number of anilines is 1. The van der Waals surface area contributed by atoms with E-state index in [4.69, 9.17) is 0 Å². The first-order valence-corrected chi connectivity index (χ1v) is 16.7. The van der Waals surface area contributed by atoms with E-state index in [0.29, 0.717) is 22.5 Å². The van der Waals surface area contributed by atoms with E-state index in [1.807, 2.05) is 13.8 Å². The molecule has 1 aromatic heterocycles. The molecule has 0 aliphatic rings. The summed E-state index contributed by atoms with van der Waals surface area (Å²) in [5.74, 6) is -1.74. The molecule has 2 N–H and O–H groups in total. The van der Waals surface area contributed by atoms with Gasteiger partial charge in [-0.3, -0.25) is 4.79 Å². The maximum Gasteiger partial charge on any atom is 0.308 e. The summed E-state index contributed by atoms with van der Waals surface area (Å²) in [6, 6.07) is 5.49. The van der Waals surface area contributed by atoms with Crippen molar-refractivity contribution in [1.29, 1.82) is 0 Å². The minimum atomic E-state index is -3.91.